The predicted molar refractivity (Wildman–Crippen MR) is 82.7 cm³/mol. The molecule has 0 aliphatic rings. The van der Waals surface area contributed by atoms with Crippen LogP contribution in [0.15, 0.2) is 42.5 Å². The van der Waals surface area contributed by atoms with E-state index in [1.165, 1.54) is 10.8 Å². The number of anilines is 1. The van der Waals surface area contributed by atoms with E-state index in [0.29, 0.717) is 12.0 Å². The number of nitrogens with one attached hydrogen (secondary N) is 1. The maximum absolute atomic E-state index is 5.55. The molecule has 0 bridgehead atoms. The number of hydrogen-bond acceptors (Lipinski definition) is 2. The summed E-state index contributed by atoms with van der Waals surface area (Å²) in [4.78, 5) is 0. The smallest absolute Gasteiger partial charge is 0.0670 e. The van der Waals surface area contributed by atoms with Crippen LogP contribution in [0.25, 0.3) is 10.8 Å². The summed E-state index contributed by atoms with van der Waals surface area (Å²) in [6.45, 7) is 7.99. The van der Waals surface area contributed by atoms with E-state index in [4.69, 9.17) is 4.74 Å². The van der Waals surface area contributed by atoms with Crippen LogP contribution in [-0.4, -0.2) is 19.3 Å². The molecule has 0 aliphatic carbocycles. The van der Waals surface area contributed by atoms with Crippen molar-refractivity contribution in [3.05, 3.63) is 42.5 Å². The molecule has 2 aromatic rings. The van der Waals surface area contributed by atoms with E-state index in [-0.39, 0.29) is 0 Å². The molecule has 2 aromatic carbocycles. The molecular formula is C17H23NO. The Morgan fingerprint density at radius 2 is 1.79 bits per heavy atom. The summed E-state index contributed by atoms with van der Waals surface area (Å²) < 4.78 is 5.55. The van der Waals surface area contributed by atoms with Gasteiger partial charge in [-0.15, -0.1) is 0 Å². The van der Waals surface area contributed by atoms with Gasteiger partial charge < -0.3 is 10.1 Å². The largest absolute Gasteiger partial charge is 0.380 e. The molecule has 102 valence electrons. The highest BCUT2D eigenvalue weighted by Gasteiger charge is 2.13. The lowest BCUT2D eigenvalue weighted by Gasteiger charge is -2.23. The normalized spacial score (nSPS) is 12.8. The molecular weight excluding hydrogens is 234 g/mol. The van der Waals surface area contributed by atoms with E-state index in [1.54, 1.807) is 0 Å². The lowest BCUT2D eigenvalue weighted by atomic mass is 10.0. The monoisotopic (exact) mass is 257 g/mol. The van der Waals surface area contributed by atoms with Crippen LogP contribution in [0.1, 0.15) is 20.8 Å². The summed E-state index contributed by atoms with van der Waals surface area (Å²) in [7, 11) is 0. The number of ether oxygens (including phenoxy) is 1. The van der Waals surface area contributed by atoms with Crippen molar-refractivity contribution in [2.75, 3.05) is 18.5 Å². The molecule has 1 atom stereocenters. The minimum absolute atomic E-state index is 0.348. The Balaban J connectivity index is 2.14. The fraction of sp³-hybridized carbons (Fsp3) is 0.412. The van der Waals surface area contributed by atoms with Gasteiger partial charge in [0.2, 0.25) is 0 Å². The third-order valence-corrected chi connectivity index (χ3v) is 3.41. The molecule has 0 saturated carbocycles. The summed E-state index contributed by atoms with van der Waals surface area (Å²) in [6, 6.07) is 15.3. The lowest BCUT2D eigenvalue weighted by molar-refractivity contribution is 0.127. The van der Waals surface area contributed by atoms with Gasteiger partial charge in [0.1, 0.15) is 0 Å². The van der Waals surface area contributed by atoms with E-state index in [9.17, 15) is 0 Å². The molecule has 0 fully saturated rings. The highest BCUT2D eigenvalue weighted by atomic mass is 16.5. The molecule has 2 rings (SSSR count). The van der Waals surface area contributed by atoms with Crippen molar-refractivity contribution in [1.29, 1.82) is 0 Å². The van der Waals surface area contributed by atoms with Crippen LogP contribution < -0.4 is 5.32 Å². The summed E-state index contributed by atoms with van der Waals surface area (Å²) in [5.74, 6) is 0.540. The van der Waals surface area contributed by atoms with Gasteiger partial charge in [-0.25, -0.2) is 0 Å². The summed E-state index contributed by atoms with van der Waals surface area (Å²) in [6.07, 6.45) is 0. The first-order chi connectivity index (χ1) is 9.20. The van der Waals surface area contributed by atoms with Gasteiger partial charge in [-0.2, -0.15) is 0 Å². The van der Waals surface area contributed by atoms with E-state index in [0.717, 1.165) is 18.9 Å². The molecule has 0 spiro atoms. The van der Waals surface area contributed by atoms with Crippen molar-refractivity contribution >= 4 is 16.5 Å². The number of rotatable bonds is 6. The van der Waals surface area contributed by atoms with Crippen LogP contribution in [0.4, 0.5) is 5.69 Å². The Morgan fingerprint density at radius 1 is 1.05 bits per heavy atom. The quantitative estimate of drug-likeness (QED) is 0.832. The first-order valence-corrected chi connectivity index (χ1v) is 7.03. The second kappa shape index (κ2) is 6.58. The van der Waals surface area contributed by atoms with Crippen LogP contribution in [0.3, 0.4) is 0 Å². The van der Waals surface area contributed by atoms with Crippen LogP contribution in [0.5, 0.6) is 0 Å². The maximum Gasteiger partial charge on any atom is 0.0670 e. The van der Waals surface area contributed by atoms with Crippen LogP contribution in [0, 0.1) is 5.92 Å². The van der Waals surface area contributed by atoms with Crippen molar-refractivity contribution in [3.8, 4) is 0 Å². The number of fused-ring (bicyclic) bond motifs is 1. The van der Waals surface area contributed by atoms with Gasteiger partial charge in [-0.05, 0) is 35.7 Å². The molecule has 2 nitrogen and oxygen atoms in total. The van der Waals surface area contributed by atoms with E-state index < -0.39 is 0 Å². The molecule has 1 unspecified atom stereocenters. The van der Waals surface area contributed by atoms with Gasteiger partial charge in [0.05, 0.1) is 12.6 Å². The third kappa shape index (κ3) is 3.71. The van der Waals surface area contributed by atoms with Crippen molar-refractivity contribution in [3.63, 3.8) is 0 Å². The first-order valence-electron chi connectivity index (χ1n) is 7.03. The predicted octanol–water partition coefficient (Wildman–Crippen LogP) is 4.31. The van der Waals surface area contributed by atoms with Crippen molar-refractivity contribution in [2.45, 2.75) is 26.8 Å². The zero-order valence-electron chi connectivity index (χ0n) is 12.0. The molecule has 1 N–H and O–H groups in total. The second-order valence-corrected chi connectivity index (χ2v) is 5.22. The topological polar surface area (TPSA) is 21.3 Å². The Bertz CT molecular complexity index is 521. The summed E-state index contributed by atoms with van der Waals surface area (Å²) >= 11 is 0. The molecule has 2 heteroatoms. The fourth-order valence-electron chi connectivity index (χ4n) is 2.14. The maximum atomic E-state index is 5.55. The summed E-state index contributed by atoms with van der Waals surface area (Å²) in [5, 5.41) is 6.13. The lowest BCUT2D eigenvalue weighted by Crippen LogP contribution is -2.30. The van der Waals surface area contributed by atoms with Crippen molar-refractivity contribution in [1.82, 2.24) is 0 Å². The molecule has 19 heavy (non-hydrogen) atoms. The standard InChI is InChI=1S/C17H23NO/c1-4-19-12-17(13(2)3)18-16-10-9-14-7-5-6-8-15(14)11-16/h5-11,13,17-18H,4,12H2,1-3H3. The van der Waals surface area contributed by atoms with E-state index >= 15 is 0 Å². The average molecular weight is 257 g/mol. The van der Waals surface area contributed by atoms with Gasteiger partial charge in [0.15, 0.2) is 0 Å². The second-order valence-electron chi connectivity index (χ2n) is 5.22. The highest BCUT2D eigenvalue weighted by Crippen LogP contribution is 2.20. The highest BCUT2D eigenvalue weighted by molar-refractivity contribution is 5.85. The molecule has 0 amide bonds. The first kappa shape index (κ1) is 13.9. The molecule has 0 heterocycles. The SMILES string of the molecule is CCOCC(Nc1ccc2ccccc2c1)C(C)C. The Labute approximate surface area is 115 Å². The van der Waals surface area contributed by atoms with Gasteiger partial charge in [0, 0.05) is 12.3 Å². The van der Waals surface area contributed by atoms with Gasteiger partial charge in [-0.1, -0.05) is 44.2 Å². The number of benzene rings is 2. The van der Waals surface area contributed by atoms with E-state index in [1.807, 2.05) is 6.92 Å². The fourth-order valence-corrected chi connectivity index (χ4v) is 2.14. The molecule has 0 saturated heterocycles. The average Bonchev–Trinajstić information content (AvgIpc) is 2.43. The molecule has 0 aromatic heterocycles. The Hall–Kier alpha value is -1.54. The van der Waals surface area contributed by atoms with Crippen molar-refractivity contribution in [2.24, 2.45) is 5.92 Å². The Morgan fingerprint density at radius 3 is 2.47 bits per heavy atom. The van der Waals surface area contributed by atoms with Crippen LogP contribution in [-0.2, 0) is 4.74 Å². The minimum Gasteiger partial charge on any atom is -0.380 e. The molecule has 0 radical (unpaired) electrons. The van der Waals surface area contributed by atoms with Crippen LogP contribution in [0.2, 0.25) is 0 Å². The zero-order valence-corrected chi connectivity index (χ0v) is 12.0. The Kier molecular flexibility index (Phi) is 4.80. The van der Waals surface area contributed by atoms with Crippen LogP contribution >= 0.6 is 0 Å². The minimum atomic E-state index is 0.348. The molecule has 0 aliphatic heterocycles. The van der Waals surface area contributed by atoms with E-state index in [2.05, 4.69) is 61.6 Å². The van der Waals surface area contributed by atoms with Gasteiger partial charge in [-0.3, -0.25) is 0 Å². The third-order valence-electron chi connectivity index (χ3n) is 3.41. The summed E-state index contributed by atoms with van der Waals surface area (Å²) in [5.41, 5.74) is 1.16. The van der Waals surface area contributed by atoms with Gasteiger partial charge >= 0.3 is 0 Å². The number of hydrogen-bond donors (Lipinski definition) is 1. The van der Waals surface area contributed by atoms with Crippen molar-refractivity contribution < 1.29 is 4.74 Å². The van der Waals surface area contributed by atoms with Gasteiger partial charge in [0.25, 0.3) is 0 Å². The zero-order chi connectivity index (χ0) is 13.7.